The molecule has 2 aromatic carbocycles. The van der Waals surface area contributed by atoms with Crippen LogP contribution in [0.2, 0.25) is 0 Å². The van der Waals surface area contributed by atoms with Crippen LogP contribution in [-0.4, -0.2) is 17.1 Å². The van der Waals surface area contributed by atoms with Crippen LogP contribution in [0.4, 0.5) is 0 Å². The van der Waals surface area contributed by atoms with E-state index < -0.39 is 0 Å². The number of nitrogens with one attached hydrogen (secondary N) is 1. The van der Waals surface area contributed by atoms with E-state index in [9.17, 15) is 5.26 Å². The second-order valence-corrected chi connectivity index (χ2v) is 7.62. The smallest absolute Gasteiger partial charge is 0.149 e. The number of methoxy groups -OCH3 is 1. The predicted octanol–water partition coefficient (Wildman–Crippen LogP) is 5.15. The second-order valence-electron chi connectivity index (χ2n) is 5.29. The number of hydrogen-bond donors (Lipinski definition) is 1. The fourth-order valence-corrected chi connectivity index (χ4v) is 4.69. The SMILES string of the molecule is COc1c(I)cc(/C=C(/C#N)c2nc3ccc(C)cc3[nH]2)cc1I. The number of nitriles is 1. The van der Waals surface area contributed by atoms with Gasteiger partial charge in [0, 0.05) is 0 Å². The van der Waals surface area contributed by atoms with Crippen LogP contribution in [0.1, 0.15) is 17.0 Å². The number of nitrogens with zero attached hydrogens (tertiary/aromatic N) is 2. The molecular formula is C18H13I2N3O. The van der Waals surface area contributed by atoms with Crippen LogP contribution >= 0.6 is 45.2 Å². The minimum atomic E-state index is 0.501. The number of H-pyrrole nitrogens is 1. The molecule has 0 aliphatic rings. The molecule has 24 heavy (non-hydrogen) atoms. The number of aromatic amines is 1. The Morgan fingerprint density at radius 1 is 1.25 bits per heavy atom. The summed E-state index contributed by atoms with van der Waals surface area (Å²) in [5.41, 5.74) is 4.39. The number of imidazole rings is 1. The minimum absolute atomic E-state index is 0.501. The van der Waals surface area contributed by atoms with E-state index in [2.05, 4.69) is 61.2 Å². The average molecular weight is 541 g/mol. The monoisotopic (exact) mass is 541 g/mol. The van der Waals surface area contributed by atoms with Crippen molar-refractivity contribution < 1.29 is 4.74 Å². The van der Waals surface area contributed by atoms with Crippen LogP contribution in [0.5, 0.6) is 5.75 Å². The first-order valence-electron chi connectivity index (χ1n) is 7.13. The topological polar surface area (TPSA) is 61.7 Å². The normalized spacial score (nSPS) is 11.5. The fourth-order valence-electron chi connectivity index (χ4n) is 2.43. The Morgan fingerprint density at radius 3 is 2.58 bits per heavy atom. The van der Waals surface area contributed by atoms with Gasteiger partial charge in [-0.1, -0.05) is 6.07 Å². The first kappa shape index (κ1) is 17.2. The number of aryl methyl sites for hydroxylation is 1. The Bertz CT molecular complexity index is 976. The highest BCUT2D eigenvalue weighted by atomic mass is 127. The van der Waals surface area contributed by atoms with Gasteiger partial charge >= 0.3 is 0 Å². The number of fused-ring (bicyclic) bond motifs is 1. The molecule has 1 N–H and O–H groups in total. The van der Waals surface area contributed by atoms with E-state index in [4.69, 9.17) is 4.74 Å². The molecule has 0 saturated carbocycles. The number of halogens is 2. The lowest BCUT2D eigenvalue weighted by Gasteiger charge is -2.07. The molecule has 0 bridgehead atoms. The standard InChI is InChI=1S/C18H13I2N3O/c1-10-3-4-15-16(5-10)23-18(22-15)12(9-21)6-11-7-13(19)17(24-2)14(20)8-11/h3-8H,1-2H3,(H,22,23)/b12-6-. The van der Waals surface area contributed by atoms with Crippen LogP contribution in [0, 0.1) is 25.4 Å². The van der Waals surface area contributed by atoms with Gasteiger partial charge in [0.05, 0.1) is 30.9 Å². The third kappa shape index (κ3) is 3.42. The Kier molecular flexibility index (Phi) is 5.10. The summed E-state index contributed by atoms with van der Waals surface area (Å²) < 4.78 is 7.39. The van der Waals surface area contributed by atoms with E-state index in [-0.39, 0.29) is 0 Å². The number of ether oxygens (including phenoxy) is 1. The van der Waals surface area contributed by atoms with Crippen molar-refractivity contribution >= 4 is 67.9 Å². The molecule has 0 amide bonds. The highest BCUT2D eigenvalue weighted by molar-refractivity contribution is 14.1. The maximum atomic E-state index is 9.55. The molecule has 0 aliphatic heterocycles. The molecule has 3 aromatic rings. The largest absolute Gasteiger partial charge is 0.495 e. The summed E-state index contributed by atoms with van der Waals surface area (Å²) in [7, 11) is 1.66. The van der Waals surface area contributed by atoms with Crippen LogP contribution in [0.15, 0.2) is 30.3 Å². The lowest BCUT2D eigenvalue weighted by molar-refractivity contribution is 0.409. The highest BCUT2D eigenvalue weighted by Gasteiger charge is 2.11. The number of benzene rings is 2. The van der Waals surface area contributed by atoms with Gasteiger partial charge in [-0.3, -0.25) is 0 Å². The van der Waals surface area contributed by atoms with Gasteiger partial charge in [0.1, 0.15) is 17.6 Å². The van der Waals surface area contributed by atoms with Crippen LogP contribution in [0.3, 0.4) is 0 Å². The minimum Gasteiger partial charge on any atom is -0.495 e. The van der Waals surface area contributed by atoms with Crippen molar-refractivity contribution in [1.82, 2.24) is 9.97 Å². The lowest BCUT2D eigenvalue weighted by Crippen LogP contribution is -1.92. The number of hydrogen-bond acceptors (Lipinski definition) is 3. The van der Waals surface area contributed by atoms with Crippen molar-refractivity contribution in [3.8, 4) is 11.8 Å². The van der Waals surface area contributed by atoms with E-state index >= 15 is 0 Å². The molecular weight excluding hydrogens is 528 g/mol. The third-order valence-corrected chi connectivity index (χ3v) is 5.15. The molecule has 3 rings (SSSR count). The average Bonchev–Trinajstić information content (AvgIpc) is 2.95. The molecule has 1 heterocycles. The molecule has 4 nitrogen and oxygen atoms in total. The van der Waals surface area contributed by atoms with Crippen LogP contribution in [-0.2, 0) is 0 Å². The summed E-state index contributed by atoms with van der Waals surface area (Å²) in [6, 6.07) is 12.2. The zero-order chi connectivity index (χ0) is 17.3. The van der Waals surface area contributed by atoms with Crippen molar-refractivity contribution in [3.05, 3.63) is 54.4 Å². The van der Waals surface area contributed by atoms with Gasteiger partial charge in [0.2, 0.25) is 0 Å². The quantitative estimate of drug-likeness (QED) is 0.369. The number of aromatic nitrogens is 2. The van der Waals surface area contributed by atoms with Crippen molar-refractivity contribution in [2.45, 2.75) is 6.92 Å². The van der Waals surface area contributed by atoms with Crippen LogP contribution in [0.25, 0.3) is 22.7 Å². The Labute approximate surface area is 167 Å². The van der Waals surface area contributed by atoms with Crippen molar-refractivity contribution in [2.24, 2.45) is 0 Å². The van der Waals surface area contributed by atoms with Gasteiger partial charge in [-0.2, -0.15) is 5.26 Å². The van der Waals surface area contributed by atoms with Gasteiger partial charge < -0.3 is 9.72 Å². The lowest BCUT2D eigenvalue weighted by atomic mass is 10.1. The summed E-state index contributed by atoms with van der Waals surface area (Å²) in [5, 5.41) is 9.55. The molecule has 6 heteroatoms. The number of rotatable bonds is 3. The highest BCUT2D eigenvalue weighted by Crippen LogP contribution is 2.30. The first-order valence-corrected chi connectivity index (χ1v) is 9.29. The first-order chi connectivity index (χ1) is 11.5. The van der Waals surface area contributed by atoms with Crippen molar-refractivity contribution in [1.29, 1.82) is 5.26 Å². The van der Waals surface area contributed by atoms with Gasteiger partial charge in [-0.05, 0) is 93.6 Å². The van der Waals surface area contributed by atoms with Gasteiger partial charge in [0.25, 0.3) is 0 Å². The summed E-state index contributed by atoms with van der Waals surface area (Å²) in [6.45, 7) is 2.03. The van der Waals surface area contributed by atoms with E-state index in [0.29, 0.717) is 11.4 Å². The van der Waals surface area contributed by atoms with Gasteiger partial charge in [-0.25, -0.2) is 4.98 Å². The zero-order valence-electron chi connectivity index (χ0n) is 13.0. The number of allylic oxidation sites excluding steroid dienone is 1. The molecule has 0 radical (unpaired) electrons. The van der Waals surface area contributed by atoms with E-state index in [1.807, 2.05) is 43.3 Å². The Balaban J connectivity index is 2.07. The van der Waals surface area contributed by atoms with Gasteiger partial charge in [0.15, 0.2) is 0 Å². The molecule has 120 valence electrons. The van der Waals surface area contributed by atoms with E-state index in [1.54, 1.807) is 7.11 Å². The molecule has 0 atom stereocenters. The Hall–Kier alpha value is -1.60. The summed E-state index contributed by atoms with van der Waals surface area (Å²) in [5.74, 6) is 1.44. The van der Waals surface area contributed by atoms with Gasteiger partial charge in [-0.15, -0.1) is 0 Å². The summed E-state index contributed by atoms with van der Waals surface area (Å²) in [4.78, 5) is 7.75. The summed E-state index contributed by atoms with van der Waals surface area (Å²) in [6.07, 6.45) is 1.84. The van der Waals surface area contributed by atoms with Crippen LogP contribution < -0.4 is 4.74 Å². The maximum absolute atomic E-state index is 9.55. The second kappa shape index (κ2) is 7.11. The molecule has 0 aliphatic carbocycles. The molecule has 0 fully saturated rings. The molecule has 0 spiro atoms. The van der Waals surface area contributed by atoms with E-state index in [1.165, 1.54) is 0 Å². The van der Waals surface area contributed by atoms with Crippen molar-refractivity contribution in [3.63, 3.8) is 0 Å². The third-order valence-electron chi connectivity index (χ3n) is 3.55. The maximum Gasteiger partial charge on any atom is 0.149 e. The van der Waals surface area contributed by atoms with Crippen molar-refractivity contribution in [2.75, 3.05) is 7.11 Å². The fraction of sp³-hybridized carbons (Fsp3) is 0.111. The molecule has 1 aromatic heterocycles. The van der Waals surface area contributed by atoms with E-state index in [0.717, 1.165) is 35.1 Å². The molecule has 0 saturated heterocycles. The molecule has 0 unspecified atom stereocenters. The predicted molar refractivity (Wildman–Crippen MR) is 113 cm³/mol. The summed E-state index contributed by atoms with van der Waals surface area (Å²) >= 11 is 4.47. The Morgan fingerprint density at radius 2 is 1.96 bits per heavy atom. The zero-order valence-corrected chi connectivity index (χ0v) is 17.3.